The third-order valence-electron chi connectivity index (χ3n) is 6.27. The number of rotatable bonds is 6. The summed E-state index contributed by atoms with van der Waals surface area (Å²) in [6.45, 7) is 2.07. The number of anilines is 1. The molecule has 1 N–H and O–H groups in total. The smallest absolute Gasteiger partial charge is 0.301 e. The molecule has 0 aliphatic carbocycles. The van der Waals surface area contributed by atoms with Crippen LogP contribution in [-0.4, -0.2) is 36.0 Å². The number of aliphatic hydroxyl groups is 1. The fourth-order valence-corrected chi connectivity index (χ4v) is 5.46. The molecule has 1 fully saturated rings. The monoisotopic (exact) mass is 500 g/mol. The first-order chi connectivity index (χ1) is 17.5. The normalized spacial score (nSPS) is 17.1. The summed E-state index contributed by atoms with van der Waals surface area (Å²) in [7, 11) is 3.05. The number of carbonyl (C=O) groups is 2. The fourth-order valence-electron chi connectivity index (χ4n) is 4.40. The van der Waals surface area contributed by atoms with Crippen LogP contribution in [0, 0.1) is 0 Å². The zero-order chi connectivity index (χ0) is 25.4. The number of benzene rings is 3. The first kappa shape index (κ1) is 23.6. The minimum Gasteiger partial charge on any atom is -0.507 e. The molecule has 2 heterocycles. The van der Waals surface area contributed by atoms with Crippen molar-refractivity contribution >= 4 is 44.1 Å². The molecule has 1 amide bonds. The quantitative estimate of drug-likeness (QED) is 0.214. The average molecular weight is 501 g/mol. The summed E-state index contributed by atoms with van der Waals surface area (Å²) < 4.78 is 11.8. The van der Waals surface area contributed by atoms with Crippen molar-refractivity contribution in [2.75, 3.05) is 19.1 Å². The Morgan fingerprint density at radius 2 is 1.75 bits per heavy atom. The number of hydrogen-bond donors (Lipinski definition) is 1. The number of fused-ring (bicyclic) bond motifs is 1. The summed E-state index contributed by atoms with van der Waals surface area (Å²) >= 11 is 1.34. The molecule has 8 heteroatoms. The second-order valence-corrected chi connectivity index (χ2v) is 9.31. The topological polar surface area (TPSA) is 89.0 Å². The molecule has 0 saturated carbocycles. The lowest BCUT2D eigenvalue weighted by atomic mass is 9.95. The van der Waals surface area contributed by atoms with Crippen LogP contribution in [0.4, 0.5) is 5.13 Å². The lowest BCUT2D eigenvalue weighted by Crippen LogP contribution is -2.29. The van der Waals surface area contributed by atoms with Crippen LogP contribution in [0.2, 0.25) is 0 Å². The molecule has 0 spiro atoms. The summed E-state index contributed by atoms with van der Waals surface area (Å²) in [5, 5.41) is 11.6. The van der Waals surface area contributed by atoms with Crippen molar-refractivity contribution in [3.8, 4) is 11.5 Å². The maximum absolute atomic E-state index is 13.5. The third-order valence-corrected chi connectivity index (χ3v) is 7.29. The molecule has 1 atom stereocenters. The van der Waals surface area contributed by atoms with Gasteiger partial charge in [-0.3, -0.25) is 14.5 Å². The van der Waals surface area contributed by atoms with Crippen molar-refractivity contribution < 1.29 is 24.2 Å². The molecular weight excluding hydrogens is 476 g/mol. The van der Waals surface area contributed by atoms with Crippen molar-refractivity contribution in [3.63, 3.8) is 0 Å². The summed E-state index contributed by atoms with van der Waals surface area (Å²) in [6, 6.07) is 19.0. The minimum absolute atomic E-state index is 0.00748. The van der Waals surface area contributed by atoms with Crippen LogP contribution in [0.15, 0.2) is 72.3 Å². The van der Waals surface area contributed by atoms with E-state index in [-0.39, 0.29) is 11.3 Å². The maximum atomic E-state index is 13.5. The van der Waals surface area contributed by atoms with Crippen molar-refractivity contribution in [3.05, 3.63) is 89.0 Å². The lowest BCUT2D eigenvalue weighted by molar-refractivity contribution is -0.132. The van der Waals surface area contributed by atoms with E-state index in [4.69, 9.17) is 9.47 Å². The zero-order valence-electron chi connectivity index (χ0n) is 20.0. The Balaban J connectivity index is 1.74. The number of aryl methyl sites for hydroxylation is 1. The number of Topliss-reactive ketones (excluding diaryl/α,β-unsaturated/α-hetero) is 1. The first-order valence-electron chi connectivity index (χ1n) is 11.4. The van der Waals surface area contributed by atoms with Crippen LogP contribution in [0.1, 0.15) is 29.7 Å². The summed E-state index contributed by atoms with van der Waals surface area (Å²) in [4.78, 5) is 32.9. The van der Waals surface area contributed by atoms with Crippen LogP contribution >= 0.6 is 11.3 Å². The van der Waals surface area contributed by atoms with E-state index in [9.17, 15) is 14.7 Å². The van der Waals surface area contributed by atoms with Gasteiger partial charge in [0.25, 0.3) is 5.78 Å². The first-order valence-corrected chi connectivity index (χ1v) is 12.3. The minimum atomic E-state index is -0.906. The number of methoxy groups -OCH3 is 2. The zero-order valence-corrected chi connectivity index (χ0v) is 20.8. The number of ketones is 1. The van der Waals surface area contributed by atoms with Gasteiger partial charge in [-0.15, -0.1) is 0 Å². The highest BCUT2D eigenvalue weighted by atomic mass is 32.1. The molecule has 182 valence electrons. The average Bonchev–Trinajstić information content (AvgIpc) is 3.45. The van der Waals surface area contributed by atoms with E-state index in [1.807, 2.05) is 24.3 Å². The van der Waals surface area contributed by atoms with E-state index in [1.165, 1.54) is 30.5 Å². The van der Waals surface area contributed by atoms with Crippen LogP contribution in [0.3, 0.4) is 0 Å². The molecule has 7 nitrogen and oxygen atoms in total. The fraction of sp³-hybridized carbons (Fsp3) is 0.179. The number of aromatic nitrogens is 1. The van der Waals surface area contributed by atoms with Gasteiger partial charge >= 0.3 is 5.91 Å². The van der Waals surface area contributed by atoms with Crippen molar-refractivity contribution in [2.45, 2.75) is 19.4 Å². The number of nitrogens with zero attached hydrogens (tertiary/aromatic N) is 2. The number of thiazole rings is 1. The molecule has 1 aliphatic heterocycles. The van der Waals surface area contributed by atoms with E-state index in [1.54, 1.807) is 42.5 Å². The molecule has 5 rings (SSSR count). The van der Waals surface area contributed by atoms with E-state index < -0.39 is 17.7 Å². The van der Waals surface area contributed by atoms with Crippen molar-refractivity contribution in [2.24, 2.45) is 0 Å². The van der Waals surface area contributed by atoms with Crippen LogP contribution in [0.25, 0.3) is 16.0 Å². The summed E-state index contributed by atoms with van der Waals surface area (Å²) in [5.41, 5.74) is 2.91. The summed E-state index contributed by atoms with van der Waals surface area (Å²) in [5.74, 6) is -0.817. The van der Waals surface area contributed by atoms with Gasteiger partial charge < -0.3 is 14.6 Å². The standard InChI is InChI=1S/C28H24N2O5S/c1-4-16-10-12-19-22(14-16)36-28(29-19)30-24(18-11-13-20(34-2)21(15-18)35-3)23(26(32)27(30)33)25(31)17-8-6-5-7-9-17/h5-15,24,31H,4H2,1-3H3/b25-23+/t24-/m0/s1. The van der Waals surface area contributed by atoms with Crippen LogP contribution in [0.5, 0.6) is 11.5 Å². The van der Waals surface area contributed by atoms with Gasteiger partial charge in [-0.2, -0.15) is 0 Å². The molecule has 0 radical (unpaired) electrons. The maximum Gasteiger partial charge on any atom is 0.301 e. The van der Waals surface area contributed by atoms with Gasteiger partial charge in [0.05, 0.1) is 36.1 Å². The van der Waals surface area contributed by atoms with E-state index >= 15 is 0 Å². The largest absolute Gasteiger partial charge is 0.507 e. The molecule has 1 aliphatic rings. The highest BCUT2D eigenvalue weighted by molar-refractivity contribution is 7.22. The van der Waals surface area contributed by atoms with Crippen molar-refractivity contribution in [1.82, 2.24) is 4.98 Å². The Labute approximate surface area is 212 Å². The van der Waals surface area contributed by atoms with Crippen molar-refractivity contribution in [1.29, 1.82) is 0 Å². The molecule has 3 aromatic carbocycles. The Bertz CT molecular complexity index is 1510. The van der Waals surface area contributed by atoms with E-state index in [0.29, 0.717) is 27.8 Å². The predicted octanol–water partition coefficient (Wildman–Crippen LogP) is 5.50. The number of hydrogen-bond acceptors (Lipinski definition) is 7. The SMILES string of the molecule is CCc1ccc2nc(N3C(=O)C(=O)/C(=C(/O)c4ccccc4)[C@@H]3c3ccc(OC)c(OC)c3)sc2c1. The van der Waals surface area contributed by atoms with Gasteiger partial charge in [0.15, 0.2) is 16.6 Å². The Kier molecular flexibility index (Phi) is 6.20. The van der Waals surface area contributed by atoms with Gasteiger partial charge in [0.2, 0.25) is 0 Å². The number of aliphatic hydroxyl groups excluding tert-OH is 1. The molecule has 0 unspecified atom stereocenters. The predicted molar refractivity (Wildman–Crippen MR) is 140 cm³/mol. The molecular formula is C28H24N2O5S. The molecule has 4 aromatic rings. The Morgan fingerprint density at radius 1 is 1.00 bits per heavy atom. The lowest BCUT2D eigenvalue weighted by Gasteiger charge is -2.23. The summed E-state index contributed by atoms with van der Waals surface area (Å²) in [6.07, 6.45) is 0.871. The van der Waals surface area contributed by atoms with Gasteiger partial charge in [0.1, 0.15) is 5.76 Å². The van der Waals surface area contributed by atoms with E-state index in [0.717, 1.165) is 22.2 Å². The molecule has 1 saturated heterocycles. The second kappa shape index (κ2) is 9.47. The highest BCUT2D eigenvalue weighted by Gasteiger charge is 2.48. The third kappa shape index (κ3) is 3.89. The Hall–Kier alpha value is -4.17. The molecule has 0 bridgehead atoms. The van der Waals surface area contributed by atoms with Gasteiger partial charge in [-0.1, -0.05) is 60.7 Å². The van der Waals surface area contributed by atoms with Crippen LogP contribution in [-0.2, 0) is 16.0 Å². The molecule has 1 aromatic heterocycles. The second-order valence-electron chi connectivity index (χ2n) is 8.30. The molecule has 36 heavy (non-hydrogen) atoms. The van der Waals surface area contributed by atoms with Gasteiger partial charge in [-0.25, -0.2) is 4.98 Å². The van der Waals surface area contributed by atoms with Crippen LogP contribution < -0.4 is 14.4 Å². The van der Waals surface area contributed by atoms with Gasteiger partial charge in [-0.05, 0) is 41.8 Å². The number of ether oxygens (including phenoxy) is 2. The highest BCUT2D eigenvalue weighted by Crippen LogP contribution is 2.45. The number of amides is 1. The van der Waals surface area contributed by atoms with E-state index in [2.05, 4.69) is 11.9 Å². The Morgan fingerprint density at radius 3 is 2.44 bits per heavy atom. The number of carbonyl (C=O) groups excluding carboxylic acids is 2. The van der Waals surface area contributed by atoms with Gasteiger partial charge in [0, 0.05) is 5.56 Å².